The molecule has 0 bridgehead atoms. The number of rotatable bonds is 6. The molecule has 1 fully saturated rings. The lowest BCUT2D eigenvalue weighted by Gasteiger charge is -2.11. The molecule has 8 nitrogen and oxygen atoms in total. The van der Waals surface area contributed by atoms with E-state index in [-0.39, 0.29) is 5.95 Å². The Morgan fingerprint density at radius 2 is 1.93 bits per heavy atom. The maximum Gasteiger partial charge on any atom is 0.224 e. The molecule has 0 radical (unpaired) electrons. The van der Waals surface area contributed by atoms with Gasteiger partial charge >= 0.3 is 0 Å². The quantitative estimate of drug-likeness (QED) is 0.522. The largest absolute Gasteiger partial charge is 0.458 e. The lowest BCUT2D eigenvalue weighted by Crippen LogP contribution is -2.08. The van der Waals surface area contributed by atoms with Crippen molar-refractivity contribution in [1.82, 2.24) is 24.6 Å². The molecule has 4 aromatic heterocycles. The SMILES string of the molecule is Cc1ccc(-c2nc(N)nc3c(Cc4cccc(COC5CCCC5)n4)cnn23)o1. The van der Waals surface area contributed by atoms with Crippen LogP contribution in [0, 0.1) is 6.92 Å². The van der Waals surface area contributed by atoms with Crippen LogP contribution in [0.4, 0.5) is 5.95 Å². The summed E-state index contributed by atoms with van der Waals surface area (Å²) >= 11 is 0. The second-order valence-corrected chi connectivity index (χ2v) is 7.74. The maximum atomic E-state index is 6.01. The summed E-state index contributed by atoms with van der Waals surface area (Å²) in [5.74, 6) is 2.11. The van der Waals surface area contributed by atoms with E-state index in [4.69, 9.17) is 19.9 Å². The molecule has 5 rings (SSSR count). The van der Waals surface area contributed by atoms with Crippen molar-refractivity contribution in [3.63, 3.8) is 0 Å². The summed E-state index contributed by atoms with van der Waals surface area (Å²) in [5, 5.41) is 4.48. The van der Waals surface area contributed by atoms with Crippen molar-refractivity contribution in [2.45, 2.75) is 51.7 Å². The second-order valence-electron chi connectivity index (χ2n) is 7.74. The van der Waals surface area contributed by atoms with Crippen LogP contribution in [0.2, 0.25) is 0 Å². The fourth-order valence-electron chi connectivity index (χ4n) is 3.94. The first-order chi connectivity index (χ1) is 14.7. The highest BCUT2D eigenvalue weighted by Gasteiger charge is 2.17. The molecule has 0 unspecified atom stereocenters. The molecule has 1 saturated carbocycles. The van der Waals surface area contributed by atoms with Crippen LogP contribution in [0.5, 0.6) is 0 Å². The molecule has 0 aliphatic heterocycles. The third-order valence-electron chi connectivity index (χ3n) is 5.42. The van der Waals surface area contributed by atoms with E-state index in [0.717, 1.165) is 35.6 Å². The zero-order chi connectivity index (χ0) is 20.5. The monoisotopic (exact) mass is 404 g/mol. The predicted molar refractivity (Wildman–Crippen MR) is 112 cm³/mol. The van der Waals surface area contributed by atoms with Crippen LogP contribution < -0.4 is 5.73 Å². The Hall–Kier alpha value is -3.26. The minimum atomic E-state index is 0.181. The Bertz CT molecular complexity index is 1180. The van der Waals surface area contributed by atoms with Crippen LogP contribution in [-0.2, 0) is 17.8 Å². The summed E-state index contributed by atoms with van der Waals surface area (Å²) in [5.41, 5.74) is 9.43. The number of fused-ring (bicyclic) bond motifs is 1. The predicted octanol–water partition coefficient (Wildman–Crippen LogP) is 3.72. The van der Waals surface area contributed by atoms with E-state index in [1.807, 2.05) is 37.3 Å². The molecule has 0 spiro atoms. The molecule has 8 heteroatoms. The zero-order valence-electron chi connectivity index (χ0n) is 16.9. The molecule has 0 aromatic carbocycles. The van der Waals surface area contributed by atoms with Gasteiger partial charge in [0.05, 0.1) is 24.6 Å². The minimum absolute atomic E-state index is 0.181. The number of anilines is 1. The second kappa shape index (κ2) is 7.87. The Morgan fingerprint density at radius 1 is 1.10 bits per heavy atom. The molecule has 0 atom stereocenters. The summed E-state index contributed by atoms with van der Waals surface area (Å²) in [6.45, 7) is 2.43. The van der Waals surface area contributed by atoms with Gasteiger partial charge < -0.3 is 14.9 Å². The highest BCUT2D eigenvalue weighted by Crippen LogP contribution is 2.24. The first kappa shape index (κ1) is 18.7. The number of hydrogen-bond acceptors (Lipinski definition) is 7. The lowest BCUT2D eigenvalue weighted by atomic mass is 10.1. The van der Waals surface area contributed by atoms with Crippen LogP contribution in [0.3, 0.4) is 0 Å². The van der Waals surface area contributed by atoms with E-state index >= 15 is 0 Å². The van der Waals surface area contributed by atoms with Gasteiger partial charge in [0.2, 0.25) is 11.8 Å². The number of aromatic nitrogens is 5. The van der Waals surface area contributed by atoms with E-state index < -0.39 is 0 Å². The van der Waals surface area contributed by atoms with Crippen molar-refractivity contribution in [3.05, 3.63) is 59.2 Å². The van der Waals surface area contributed by atoms with Gasteiger partial charge in [-0.05, 0) is 44.0 Å². The number of hydrogen-bond donors (Lipinski definition) is 1. The molecule has 1 aliphatic carbocycles. The first-order valence-corrected chi connectivity index (χ1v) is 10.3. The molecule has 30 heavy (non-hydrogen) atoms. The van der Waals surface area contributed by atoms with E-state index in [1.54, 1.807) is 10.7 Å². The van der Waals surface area contributed by atoms with Gasteiger partial charge in [-0.25, -0.2) is 0 Å². The van der Waals surface area contributed by atoms with Gasteiger partial charge in [-0.1, -0.05) is 18.9 Å². The minimum Gasteiger partial charge on any atom is -0.458 e. The van der Waals surface area contributed by atoms with Crippen molar-refractivity contribution in [1.29, 1.82) is 0 Å². The number of nitrogens with two attached hydrogens (primary N) is 1. The van der Waals surface area contributed by atoms with Crippen LogP contribution in [0.15, 0.2) is 40.9 Å². The molecule has 0 saturated heterocycles. The maximum absolute atomic E-state index is 6.01. The topological polar surface area (TPSA) is 104 Å². The third kappa shape index (κ3) is 3.78. The van der Waals surface area contributed by atoms with Crippen molar-refractivity contribution in [2.24, 2.45) is 0 Å². The number of aryl methyl sites for hydroxylation is 1. The lowest BCUT2D eigenvalue weighted by molar-refractivity contribution is 0.0437. The Balaban J connectivity index is 1.40. The van der Waals surface area contributed by atoms with Gasteiger partial charge in [-0.2, -0.15) is 19.6 Å². The van der Waals surface area contributed by atoms with Crippen LogP contribution in [-0.4, -0.2) is 30.7 Å². The average molecular weight is 404 g/mol. The standard InChI is InChI=1S/C22H24N6O2/c1-14-9-10-19(30-14)21-27-22(23)26-20-15(12-24-28(20)21)11-16-5-4-6-17(25-16)13-29-18-7-2-3-8-18/h4-6,9-10,12,18H,2-3,7-8,11,13H2,1H3,(H2,23,26). The van der Waals surface area contributed by atoms with Gasteiger partial charge in [0.25, 0.3) is 0 Å². The smallest absolute Gasteiger partial charge is 0.224 e. The first-order valence-electron chi connectivity index (χ1n) is 10.3. The van der Waals surface area contributed by atoms with E-state index in [9.17, 15) is 0 Å². The van der Waals surface area contributed by atoms with E-state index in [0.29, 0.717) is 36.4 Å². The van der Waals surface area contributed by atoms with Crippen molar-refractivity contribution < 1.29 is 9.15 Å². The summed E-state index contributed by atoms with van der Waals surface area (Å²) in [6, 6.07) is 9.76. The highest BCUT2D eigenvalue weighted by molar-refractivity contribution is 5.59. The molecule has 1 aliphatic rings. The van der Waals surface area contributed by atoms with Crippen molar-refractivity contribution in [2.75, 3.05) is 5.73 Å². The third-order valence-corrected chi connectivity index (χ3v) is 5.42. The molecule has 0 amide bonds. The van der Waals surface area contributed by atoms with Crippen molar-refractivity contribution >= 4 is 11.6 Å². The Morgan fingerprint density at radius 3 is 2.73 bits per heavy atom. The molecular formula is C22H24N6O2. The van der Waals surface area contributed by atoms with Gasteiger partial charge in [0, 0.05) is 17.7 Å². The summed E-state index contributed by atoms with van der Waals surface area (Å²) in [6.07, 6.45) is 7.58. The summed E-state index contributed by atoms with van der Waals surface area (Å²) in [4.78, 5) is 13.5. The normalized spacial score (nSPS) is 14.7. The fourth-order valence-corrected chi connectivity index (χ4v) is 3.94. The van der Waals surface area contributed by atoms with Gasteiger partial charge in [-0.15, -0.1) is 0 Å². The van der Waals surface area contributed by atoms with E-state index in [2.05, 4.69) is 15.1 Å². The number of furan rings is 1. The Labute approximate surface area is 174 Å². The fraction of sp³-hybridized carbons (Fsp3) is 0.364. The number of ether oxygens (including phenoxy) is 1. The van der Waals surface area contributed by atoms with Crippen molar-refractivity contribution in [3.8, 4) is 11.6 Å². The summed E-state index contributed by atoms with van der Waals surface area (Å²) in [7, 11) is 0. The van der Waals surface area contributed by atoms with Crippen LogP contribution >= 0.6 is 0 Å². The van der Waals surface area contributed by atoms with Gasteiger partial charge in [0.15, 0.2) is 11.4 Å². The van der Waals surface area contributed by atoms with Gasteiger partial charge in [-0.3, -0.25) is 4.98 Å². The van der Waals surface area contributed by atoms with E-state index in [1.165, 1.54) is 12.8 Å². The number of nitrogen functional groups attached to an aromatic ring is 1. The van der Waals surface area contributed by atoms with Gasteiger partial charge in [0.1, 0.15) is 5.76 Å². The molecule has 4 heterocycles. The molecule has 154 valence electrons. The molecular weight excluding hydrogens is 380 g/mol. The zero-order valence-corrected chi connectivity index (χ0v) is 16.9. The summed E-state index contributed by atoms with van der Waals surface area (Å²) < 4.78 is 13.4. The highest BCUT2D eigenvalue weighted by atomic mass is 16.5. The molecule has 4 aromatic rings. The Kier molecular flexibility index (Phi) is 4.92. The van der Waals surface area contributed by atoms with Crippen LogP contribution in [0.25, 0.3) is 17.2 Å². The van der Waals surface area contributed by atoms with Crippen LogP contribution in [0.1, 0.15) is 48.4 Å². The molecule has 2 N–H and O–H groups in total. The average Bonchev–Trinajstić information content (AvgIpc) is 3.48. The number of nitrogens with zero attached hydrogens (tertiary/aromatic N) is 5. The number of pyridine rings is 1.